The highest BCUT2D eigenvalue weighted by atomic mass is 32.1. The molecule has 9 heteroatoms. The van der Waals surface area contributed by atoms with Gasteiger partial charge in [-0.3, -0.25) is 4.79 Å². The van der Waals surface area contributed by atoms with Crippen LogP contribution in [-0.4, -0.2) is 23.5 Å². The predicted octanol–water partition coefficient (Wildman–Crippen LogP) is 6.59. The van der Waals surface area contributed by atoms with Gasteiger partial charge in [0.25, 0.3) is 5.91 Å². The average Bonchev–Trinajstić information content (AvgIpc) is 3.51. The van der Waals surface area contributed by atoms with Crippen LogP contribution in [-0.2, 0) is 4.74 Å². The number of nitrogens with one attached hydrogen (secondary N) is 2. The minimum atomic E-state index is -0.542. The molecule has 0 spiro atoms. The van der Waals surface area contributed by atoms with Gasteiger partial charge in [-0.1, -0.05) is 48.5 Å². The van der Waals surface area contributed by atoms with Gasteiger partial charge in [0.2, 0.25) is 0 Å². The van der Waals surface area contributed by atoms with Crippen LogP contribution >= 0.6 is 22.7 Å². The molecule has 0 aliphatic rings. The van der Waals surface area contributed by atoms with Gasteiger partial charge in [0.1, 0.15) is 21.7 Å². The zero-order valence-electron chi connectivity index (χ0n) is 19.6. The fraction of sp³-hybridized carbons (Fsp3) is 0.111. The largest absolute Gasteiger partial charge is 0.462 e. The summed E-state index contributed by atoms with van der Waals surface area (Å²) in [6.07, 6.45) is 1.50. The van der Waals surface area contributed by atoms with E-state index in [9.17, 15) is 14.9 Å². The van der Waals surface area contributed by atoms with Crippen molar-refractivity contribution in [2.45, 2.75) is 13.8 Å². The Kier molecular flexibility index (Phi) is 7.90. The van der Waals surface area contributed by atoms with Crippen molar-refractivity contribution in [2.75, 3.05) is 17.2 Å². The van der Waals surface area contributed by atoms with Gasteiger partial charge in [-0.25, -0.2) is 9.78 Å². The van der Waals surface area contributed by atoms with Crippen molar-refractivity contribution in [3.05, 3.63) is 93.3 Å². The number of allylic oxidation sites excluding steroid dienone is 1. The number of aromatic nitrogens is 1. The van der Waals surface area contributed by atoms with Gasteiger partial charge in [0.05, 0.1) is 22.7 Å². The molecule has 2 heterocycles. The van der Waals surface area contributed by atoms with Crippen LogP contribution in [0.3, 0.4) is 0 Å². The van der Waals surface area contributed by atoms with E-state index in [2.05, 4.69) is 21.7 Å². The van der Waals surface area contributed by atoms with Gasteiger partial charge in [0.15, 0.2) is 0 Å². The lowest BCUT2D eigenvalue weighted by atomic mass is 10.1. The number of anilines is 2. The Labute approximate surface area is 216 Å². The summed E-state index contributed by atoms with van der Waals surface area (Å²) in [6, 6.07) is 20.9. The molecule has 2 N–H and O–H groups in total. The summed E-state index contributed by atoms with van der Waals surface area (Å²) in [6.45, 7) is 3.62. The SMILES string of the molecule is CCOC(=O)c1c(N/C=C(\C#N)c2nc(-c3ccccc3)cs2)sc(C(=O)Nc2ccccc2)c1C. The second kappa shape index (κ2) is 11.4. The maximum absolute atomic E-state index is 13.0. The second-order valence-electron chi connectivity index (χ2n) is 7.52. The first-order valence-corrected chi connectivity index (χ1v) is 12.8. The number of thiophene rings is 1. The number of rotatable bonds is 8. The molecule has 36 heavy (non-hydrogen) atoms. The van der Waals surface area contributed by atoms with Gasteiger partial charge in [0, 0.05) is 22.8 Å². The van der Waals surface area contributed by atoms with Gasteiger partial charge >= 0.3 is 5.97 Å². The zero-order valence-corrected chi connectivity index (χ0v) is 21.2. The topological polar surface area (TPSA) is 104 Å². The molecule has 0 aliphatic heterocycles. The third kappa shape index (κ3) is 5.51. The van der Waals surface area contributed by atoms with Gasteiger partial charge in [-0.15, -0.1) is 22.7 Å². The van der Waals surface area contributed by atoms with Gasteiger partial charge < -0.3 is 15.4 Å². The summed E-state index contributed by atoms with van der Waals surface area (Å²) in [5.74, 6) is -0.876. The number of hydrogen-bond acceptors (Lipinski definition) is 8. The Bertz CT molecular complexity index is 1450. The summed E-state index contributed by atoms with van der Waals surface area (Å²) in [7, 11) is 0. The number of nitriles is 1. The van der Waals surface area contributed by atoms with Crippen LogP contribution < -0.4 is 10.6 Å². The molecule has 0 bridgehead atoms. The monoisotopic (exact) mass is 514 g/mol. The van der Waals surface area contributed by atoms with E-state index in [-0.39, 0.29) is 18.1 Å². The third-order valence-corrected chi connectivity index (χ3v) is 7.23. The van der Waals surface area contributed by atoms with E-state index in [0.717, 1.165) is 22.6 Å². The van der Waals surface area contributed by atoms with Crippen molar-refractivity contribution < 1.29 is 14.3 Å². The average molecular weight is 515 g/mol. The Morgan fingerprint density at radius 2 is 1.81 bits per heavy atom. The Balaban J connectivity index is 1.64. The zero-order chi connectivity index (χ0) is 25.5. The van der Waals surface area contributed by atoms with E-state index in [4.69, 9.17) is 4.74 Å². The summed E-state index contributed by atoms with van der Waals surface area (Å²) >= 11 is 2.47. The molecular weight excluding hydrogens is 492 g/mol. The number of benzene rings is 2. The lowest BCUT2D eigenvalue weighted by Crippen LogP contribution is -2.12. The number of esters is 1. The smallest absolute Gasteiger partial charge is 0.341 e. The Hall–Kier alpha value is -4.26. The summed E-state index contributed by atoms with van der Waals surface area (Å²) < 4.78 is 5.23. The first kappa shape index (κ1) is 24.9. The quantitative estimate of drug-likeness (QED) is 0.203. The number of para-hydroxylation sites is 1. The van der Waals surface area contributed by atoms with E-state index in [1.807, 2.05) is 53.9 Å². The molecule has 1 amide bonds. The van der Waals surface area contributed by atoms with Crippen LogP contribution in [0.5, 0.6) is 0 Å². The van der Waals surface area contributed by atoms with Crippen LogP contribution in [0.4, 0.5) is 10.7 Å². The fourth-order valence-corrected chi connectivity index (χ4v) is 5.26. The lowest BCUT2D eigenvalue weighted by Gasteiger charge is -2.06. The van der Waals surface area contributed by atoms with Crippen LogP contribution in [0.25, 0.3) is 16.8 Å². The molecule has 0 saturated carbocycles. The van der Waals surface area contributed by atoms with Gasteiger partial charge in [-0.05, 0) is 31.5 Å². The van der Waals surface area contributed by atoms with Crippen molar-refractivity contribution in [2.24, 2.45) is 0 Å². The van der Waals surface area contributed by atoms with E-state index < -0.39 is 5.97 Å². The van der Waals surface area contributed by atoms with Crippen LogP contribution in [0.15, 0.2) is 72.2 Å². The molecule has 2 aromatic heterocycles. The highest BCUT2D eigenvalue weighted by Gasteiger charge is 2.25. The minimum absolute atomic E-state index is 0.194. The Morgan fingerprint density at radius 1 is 1.11 bits per heavy atom. The molecule has 7 nitrogen and oxygen atoms in total. The van der Waals surface area contributed by atoms with Crippen molar-refractivity contribution >= 4 is 50.8 Å². The number of thiazole rings is 1. The normalized spacial score (nSPS) is 11.0. The lowest BCUT2D eigenvalue weighted by molar-refractivity contribution is 0.0527. The van der Waals surface area contributed by atoms with Crippen LogP contribution in [0.1, 0.15) is 37.5 Å². The van der Waals surface area contributed by atoms with Crippen molar-refractivity contribution in [3.63, 3.8) is 0 Å². The van der Waals surface area contributed by atoms with Crippen molar-refractivity contribution in [3.8, 4) is 17.3 Å². The highest BCUT2D eigenvalue weighted by molar-refractivity contribution is 7.18. The van der Waals surface area contributed by atoms with Gasteiger partial charge in [-0.2, -0.15) is 5.26 Å². The molecule has 0 saturated heterocycles. The molecule has 0 radical (unpaired) electrons. The van der Waals surface area contributed by atoms with Crippen LogP contribution in [0.2, 0.25) is 0 Å². The molecule has 4 aromatic rings. The fourth-order valence-electron chi connectivity index (χ4n) is 3.41. The number of nitrogens with zero attached hydrogens (tertiary/aromatic N) is 2. The standard InChI is InChI=1S/C27H22N4O3S2/c1-3-34-27(33)22-17(2)23(24(32)30-20-12-8-5-9-13-20)36-26(22)29-15-19(14-28)25-31-21(16-35-25)18-10-6-4-7-11-18/h4-13,15-16,29H,3H2,1-2H3,(H,30,32)/b19-15+. The molecule has 0 aliphatic carbocycles. The number of carbonyl (C=O) groups excluding carboxylic acids is 2. The van der Waals surface area contributed by atoms with E-state index in [1.54, 1.807) is 26.0 Å². The number of hydrogen-bond donors (Lipinski definition) is 2. The first-order valence-electron chi connectivity index (χ1n) is 11.1. The first-order chi connectivity index (χ1) is 17.5. The van der Waals surface area contributed by atoms with E-state index in [1.165, 1.54) is 17.5 Å². The maximum atomic E-state index is 13.0. The summed E-state index contributed by atoms with van der Waals surface area (Å²) in [5.41, 5.74) is 3.44. The number of amides is 1. The number of ether oxygens (including phenoxy) is 1. The molecule has 2 aromatic carbocycles. The minimum Gasteiger partial charge on any atom is -0.462 e. The van der Waals surface area contributed by atoms with Crippen molar-refractivity contribution in [1.29, 1.82) is 5.26 Å². The van der Waals surface area contributed by atoms with E-state index in [0.29, 0.717) is 31.7 Å². The molecular formula is C27H22N4O3S2. The van der Waals surface area contributed by atoms with Crippen molar-refractivity contribution in [1.82, 2.24) is 4.98 Å². The number of carbonyl (C=O) groups is 2. The summed E-state index contributed by atoms with van der Waals surface area (Å²) in [4.78, 5) is 30.7. The second-order valence-corrected chi connectivity index (χ2v) is 9.40. The molecule has 180 valence electrons. The van der Waals surface area contributed by atoms with Crippen LogP contribution in [0, 0.1) is 18.3 Å². The molecule has 0 unspecified atom stereocenters. The third-order valence-electron chi connectivity index (χ3n) is 5.14. The molecule has 0 fully saturated rings. The Morgan fingerprint density at radius 3 is 2.47 bits per heavy atom. The molecule has 0 atom stereocenters. The summed E-state index contributed by atoms with van der Waals surface area (Å²) in [5, 5.41) is 18.5. The highest BCUT2D eigenvalue weighted by Crippen LogP contribution is 2.35. The molecule has 4 rings (SSSR count). The van der Waals surface area contributed by atoms with E-state index >= 15 is 0 Å². The predicted molar refractivity (Wildman–Crippen MR) is 144 cm³/mol. The maximum Gasteiger partial charge on any atom is 0.341 e.